The van der Waals surface area contributed by atoms with E-state index in [9.17, 15) is 0 Å². The largest absolute Gasteiger partial charge is 0.497 e. The second kappa shape index (κ2) is 13.1. The molecule has 3 aromatic heterocycles. The molecule has 0 unspecified atom stereocenters. The van der Waals surface area contributed by atoms with Gasteiger partial charge in [0.25, 0.3) is 0 Å². The summed E-state index contributed by atoms with van der Waals surface area (Å²) in [5.74, 6) is 2.18. The standard InChI is InChI=1S/C45H34N4O3/c1-50-35-22-30(23-36(26-35)51-2)43-38-17-13-31(46-38)24-33-15-19-40(48-33)45(41-20-16-34(49-41)25-32-14-18-39(43)47-32)44-37-11-7-6-10-29(37)12-21-42(44)52-27-28-8-4-3-5-9-28/h3-26,46,49H,27H2,1-2H3. The van der Waals surface area contributed by atoms with Crippen LogP contribution in [0.5, 0.6) is 17.2 Å². The Morgan fingerprint density at radius 3 is 1.83 bits per heavy atom. The first-order valence-corrected chi connectivity index (χ1v) is 17.1. The summed E-state index contributed by atoms with van der Waals surface area (Å²) in [4.78, 5) is 17.6. The molecule has 0 radical (unpaired) electrons. The fraction of sp³-hybridized carbons (Fsp3) is 0.0667. The van der Waals surface area contributed by atoms with Crippen molar-refractivity contribution in [1.29, 1.82) is 0 Å². The molecule has 0 spiro atoms. The van der Waals surface area contributed by atoms with E-state index in [4.69, 9.17) is 24.2 Å². The van der Waals surface area contributed by atoms with Gasteiger partial charge in [-0.15, -0.1) is 0 Å². The van der Waals surface area contributed by atoms with E-state index in [1.165, 1.54) is 0 Å². The molecule has 0 saturated carbocycles. The van der Waals surface area contributed by atoms with Crippen LogP contribution in [-0.2, 0) is 6.61 Å². The first kappa shape index (κ1) is 31.1. The van der Waals surface area contributed by atoms with Gasteiger partial charge in [-0.25, -0.2) is 9.97 Å². The maximum Gasteiger partial charge on any atom is 0.128 e. The summed E-state index contributed by atoms with van der Waals surface area (Å²) in [5, 5.41) is 2.20. The Morgan fingerprint density at radius 2 is 1.15 bits per heavy atom. The molecule has 0 fully saturated rings. The normalized spacial score (nSPS) is 12.0. The van der Waals surface area contributed by atoms with Gasteiger partial charge in [0, 0.05) is 44.8 Å². The van der Waals surface area contributed by atoms with Crippen LogP contribution in [0.2, 0.25) is 0 Å². The Hall–Kier alpha value is -6.86. The van der Waals surface area contributed by atoms with Gasteiger partial charge in [0.1, 0.15) is 23.9 Å². The lowest BCUT2D eigenvalue weighted by molar-refractivity contribution is 0.308. The lowest BCUT2D eigenvalue weighted by Gasteiger charge is -2.16. The molecule has 5 heterocycles. The van der Waals surface area contributed by atoms with Gasteiger partial charge < -0.3 is 24.2 Å². The number of hydrogen-bond donors (Lipinski definition) is 2. The molecule has 8 bridgehead atoms. The number of fused-ring (bicyclic) bond motifs is 9. The zero-order valence-corrected chi connectivity index (χ0v) is 28.7. The molecule has 7 aromatic rings. The van der Waals surface area contributed by atoms with E-state index in [0.717, 1.165) is 89.2 Å². The Labute approximate surface area is 300 Å². The van der Waals surface area contributed by atoms with Gasteiger partial charge in [-0.2, -0.15) is 0 Å². The van der Waals surface area contributed by atoms with Gasteiger partial charge in [-0.05, 0) is 101 Å². The molecular formula is C45H34N4O3. The zero-order chi connectivity index (χ0) is 35.0. The maximum absolute atomic E-state index is 6.62. The molecule has 252 valence electrons. The fourth-order valence-electron chi connectivity index (χ4n) is 6.96. The Kier molecular flexibility index (Phi) is 7.86. The third-order valence-electron chi connectivity index (χ3n) is 9.42. The van der Waals surface area contributed by atoms with Gasteiger partial charge >= 0.3 is 0 Å². The molecule has 0 amide bonds. The van der Waals surface area contributed by atoms with Crippen LogP contribution in [0.1, 0.15) is 28.3 Å². The van der Waals surface area contributed by atoms with Gasteiger partial charge in [-0.3, -0.25) is 0 Å². The van der Waals surface area contributed by atoms with Crippen LogP contribution in [0.25, 0.3) is 79.4 Å². The van der Waals surface area contributed by atoms with E-state index in [1.807, 2.05) is 48.6 Å². The molecule has 0 saturated heterocycles. The molecule has 7 heteroatoms. The molecule has 2 N–H and O–H groups in total. The van der Waals surface area contributed by atoms with Crippen LogP contribution in [0, 0.1) is 0 Å². The molecular weight excluding hydrogens is 645 g/mol. The predicted octanol–water partition coefficient (Wildman–Crippen LogP) is 10.7. The summed E-state index contributed by atoms with van der Waals surface area (Å²) in [7, 11) is 3.32. The molecule has 0 atom stereocenters. The number of H-pyrrole nitrogens is 2. The molecule has 4 aromatic carbocycles. The number of ether oxygens (including phenoxy) is 3. The van der Waals surface area contributed by atoms with Crippen LogP contribution in [0.15, 0.2) is 121 Å². The highest BCUT2D eigenvalue weighted by Gasteiger charge is 2.19. The van der Waals surface area contributed by atoms with Gasteiger partial charge in [0.2, 0.25) is 0 Å². The van der Waals surface area contributed by atoms with E-state index in [2.05, 4.69) is 107 Å². The average molecular weight is 679 g/mol. The number of rotatable bonds is 7. The summed E-state index contributed by atoms with van der Waals surface area (Å²) in [5.41, 5.74) is 11.9. The van der Waals surface area contributed by atoms with Gasteiger partial charge in [-0.1, -0.05) is 60.7 Å². The predicted molar refractivity (Wildman–Crippen MR) is 211 cm³/mol. The number of methoxy groups -OCH3 is 2. The molecule has 2 aliphatic rings. The number of nitrogens with zero attached hydrogens (tertiary/aromatic N) is 2. The molecule has 2 aliphatic heterocycles. The number of hydrogen-bond acceptors (Lipinski definition) is 5. The highest BCUT2D eigenvalue weighted by molar-refractivity contribution is 6.06. The number of aromatic amines is 2. The lowest BCUT2D eigenvalue weighted by atomic mass is 9.95. The summed E-state index contributed by atoms with van der Waals surface area (Å²) in [6.07, 6.45) is 8.23. The van der Waals surface area contributed by atoms with Gasteiger partial charge in [0.15, 0.2) is 0 Å². The van der Waals surface area contributed by atoms with Crippen molar-refractivity contribution in [1.82, 2.24) is 19.9 Å². The zero-order valence-electron chi connectivity index (χ0n) is 28.7. The van der Waals surface area contributed by atoms with Gasteiger partial charge in [0.05, 0.1) is 37.0 Å². The molecule has 52 heavy (non-hydrogen) atoms. The number of nitrogens with one attached hydrogen (secondary N) is 2. The summed E-state index contributed by atoms with van der Waals surface area (Å²) >= 11 is 0. The third-order valence-corrected chi connectivity index (χ3v) is 9.42. The van der Waals surface area contributed by atoms with E-state index in [1.54, 1.807) is 14.2 Å². The van der Waals surface area contributed by atoms with Crippen LogP contribution >= 0.6 is 0 Å². The highest BCUT2D eigenvalue weighted by Crippen LogP contribution is 2.42. The second-order valence-corrected chi connectivity index (χ2v) is 12.7. The fourth-order valence-corrected chi connectivity index (χ4v) is 6.96. The second-order valence-electron chi connectivity index (χ2n) is 12.7. The third kappa shape index (κ3) is 5.88. The van der Waals surface area contributed by atoms with Crippen molar-refractivity contribution >= 4 is 57.1 Å². The topological polar surface area (TPSA) is 85.1 Å². The van der Waals surface area contributed by atoms with Crippen molar-refractivity contribution in [2.45, 2.75) is 6.61 Å². The maximum atomic E-state index is 6.62. The number of benzene rings is 4. The molecule has 0 aliphatic carbocycles. The number of aromatic nitrogens is 4. The minimum absolute atomic E-state index is 0.443. The Bertz CT molecular complexity index is 2700. The van der Waals surface area contributed by atoms with E-state index < -0.39 is 0 Å². The van der Waals surface area contributed by atoms with Crippen molar-refractivity contribution in [2.75, 3.05) is 14.2 Å². The Morgan fingerprint density at radius 1 is 0.538 bits per heavy atom. The van der Waals surface area contributed by atoms with E-state index in [0.29, 0.717) is 18.1 Å². The molecule has 9 rings (SSSR count). The van der Waals surface area contributed by atoms with Crippen LogP contribution in [0.3, 0.4) is 0 Å². The quantitative estimate of drug-likeness (QED) is 0.175. The lowest BCUT2D eigenvalue weighted by Crippen LogP contribution is -1.98. The monoisotopic (exact) mass is 678 g/mol. The van der Waals surface area contributed by atoms with Crippen molar-refractivity contribution in [2.24, 2.45) is 0 Å². The highest BCUT2D eigenvalue weighted by atomic mass is 16.5. The summed E-state index contributed by atoms with van der Waals surface area (Å²) < 4.78 is 17.9. The molecule has 7 nitrogen and oxygen atoms in total. The van der Waals surface area contributed by atoms with E-state index in [-0.39, 0.29) is 0 Å². The summed E-state index contributed by atoms with van der Waals surface area (Å²) in [6, 6.07) is 41.2. The van der Waals surface area contributed by atoms with Crippen LogP contribution in [-0.4, -0.2) is 34.2 Å². The van der Waals surface area contributed by atoms with Crippen molar-refractivity contribution < 1.29 is 14.2 Å². The first-order chi connectivity index (χ1) is 25.6. The van der Waals surface area contributed by atoms with Crippen molar-refractivity contribution in [3.8, 4) is 39.5 Å². The average Bonchev–Trinajstić information content (AvgIpc) is 4.02. The van der Waals surface area contributed by atoms with E-state index >= 15 is 0 Å². The SMILES string of the molecule is COc1cc(OC)cc(-c2c3nc(cc4ccc([nH]4)c(-c4c(OCc5ccccc5)ccc5ccccc45)c4nc(cc5ccc2[nH]5)C=C4)C=C3)c1. The van der Waals surface area contributed by atoms with Crippen molar-refractivity contribution in [3.63, 3.8) is 0 Å². The summed E-state index contributed by atoms with van der Waals surface area (Å²) in [6.45, 7) is 0.443. The first-order valence-electron chi connectivity index (χ1n) is 17.1. The Balaban J connectivity index is 1.31. The smallest absolute Gasteiger partial charge is 0.128 e. The van der Waals surface area contributed by atoms with Crippen molar-refractivity contribution in [3.05, 3.63) is 150 Å². The minimum atomic E-state index is 0.443. The van der Waals surface area contributed by atoms with Crippen LogP contribution < -0.4 is 14.2 Å². The van der Waals surface area contributed by atoms with Crippen LogP contribution in [0.4, 0.5) is 0 Å². The minimum Gasteiger partial charge on any atom is -0.497 e.